The molecule has 0 unspecified atom stereocenters. The first kappa shape index (κ1) is 25.0. The lowest BCUT2D eigenvalue weighted by atomic mass is 9.95. The molecule has 0 saturated carbocycles. The summed E-state index contributed by atoms with van der Waals surface area (Å²) in [5, 5.41) is 41.0. The first-order valence-corrected chi connectivity index (χ1v) is 10.5. The van der Waals surface area contributed by atoms with Gasteiger partial charge in [0.05, 0.1) is 4.47 Å². The van der Waals surface area contributed by atoms with Gasteiger partial charge in [0.1, 0.15) is 34.1 Å². The molecule has 170 valence electrons. The number of allylic oxidation sites excluding steroid dienone is 4. The first-order chi connectivity index (χ1) is 14.9. The van der Waals surface area contributed by atoms with Crippen LogP contribution >= 0.6 is 15.9 Å². The van der Waals surface area contributed by atoms with E-state index < -0.39 is 23.4 Å². The monoisotopic (exact) mass is 504 g/mol. The Morgan fingerprint density at radius 2 is 1.41 bits per heavy atom. The molecule has 0 bridgehead atoms. The van der Waals surface area contributed by atoms with Gasteiger partial charge in [-0.15, -0.1) is 0 Å². The molecule has 0 aliphatic rings. The van der Waals surface area contributed by atoms with Gasteiger partial charge in [-0.05, 0) is 80.2 Å². The largest absolute Gasteiger partial charge is 0.507 e. The lowest BCUT2D eigenvalue weighted by molar-refractivity contribution is 0.0692. The lowest BCUT2D eigenvalue weighted by Crippen LogP contribution is -2.14. The number of phenolic OH excluding ortho intramolecular Hbond substituents is 2. The maximum absolute atomic E-state index is 13.2. The van der Waals surface area contributed by atoms with Crippen molar-refractivity contribution in [1.29, 1.82) is 0 Å². The van der Waals surface area contributed by atoms with Crippen molar-refractivity contribution in [3.05, 3.63) is 56.1 Å². The van der Waals surface area contributed by atoms with Gasteiger partial charge in [0.2, 0.25) is 0 Å². The van der Waals surface area contributed by atoms with Crippen LogP contribution in [0.1, 0.15) is 70.7 Å². The fourth-order valence-corrected chi connectivity index (χ4v) is 4.02. The highest BCUT2D eigenvalue weighted by Crippen LogP contribution is 2.44. The molecule has 0 radical (unpaired) electrons. The molecule has 0 aliphatic carbocycles. The molecule has 0 aliphatic heterocycles. The van der Waals surface area contributed by atoms with Gasteiger partial charge in [0, 0.05) is 16.7 Å². The fourth-order valence-electron chi connectivity index (χ4n) is 3.21. The Kier molecular flexibility index (Phi) is 7.41. The highest BCUT2D eigenvalue weighted by Gasteiger charge is 2.29. The Balaban J connectivity index is 2.77. The van der Waals surface area contributed by atoms with Gasteiger partial charge in [0.15, 0.2) is 0 Å². The number of benzene rings is 2. The quantitative estimate of drug-likeness (QED) is 0.293. The summed E-state index contributed by atoms with van der Waals surface area (Å²) < 4.78 is 5.76. The second-order valence-electron chi connectivity index (χ2n) is 7.30. The minimum absolute atomic E-state index is 0.0565. The number of rotatable bonds is 5. The average Bonchev–Trinajstić information content (AvgIpc) is 2.75. The Bertz CT molecular complexity index is 1190. The number of ether oxygens (including phenoxy) is 1. The Hall–Kier alpha value is -3.26. The van der Waals surface area contributed by atoms with Crippen LogP contribution in [-0.4, -0.2) is 32.4 Å². The van der Waals surface area contributed by atoms with Crippen LogP contribution in [0.15, 0.2) is 22.7 Å². The van der Waals surface area contributed by atoms with E-state index >= 15 is 0 Å². The van der Waals surface area contributed by atoms with E-state index in [1.165, 1.54) is 19.9 Å². The topological polar surface area (TPSA) is 124 Å². The number of hydrogen-bond acceptors (Lipinski definition) is 6. The number of aromatic hydroxyl groups is 3. The molecular weight excluding hydrogens is 480 g/mol. The Morgan fingerprint density at radius 3 is 1.91 bits per heavy atom. The molecule has 0 amide bonds. The predicted molar refractivity (Wildman–Crippen MR) is 126 cm³/mol. The highest BCUT2D eigenvalue weighted by molar-refractivity contribution is 9.10. The summed E-state index contributed by atoms with van der Waals surface area (Å²) >= 11 is 3.28. The highest BCUT2D eigenvalue weighted by atomic mass is 79.9. The molecule has 4 N–H and O–H groups in total. The molecule has 7 nitrogen and oxygen atoms in total. The molecular formula is C24H25BrO7. The molecule has 2 aromatic rings. The summed E-state index contributed by atoms with van der Waals surface area (Å²) in [5.74, 6) is -3.48. The molecule has 0 atom stereocenters. The summed E-state index contributed by atoms with van der Waals surface area (Å²) in [7, 11) is 0. The van der Waals surface area contributed by atoms with Gasteiger partial charge in [-0.2, -0.15) is 0 Å². The third-order valence-corrected chi connectivity index (χ3v) is 6.21. The van der Waals surface area contributed by atoms with Gasteiger partial charge in [-0.25, -0.2) is 9.59 Å². The van der Waals surface area contributed by atoms with Crippen LogP contribution < -0.4 is 4.74 Å². The predicted octanol–water partition coefficient (Wildman–Crippen LogP) is 5.95. The van der Waals surface area contributed by atoms with Crippen molar-refractivity contribution < 1.29 is 34.8 Å². The third kappa shape index (κ3) is 4.23. The van der Waals surface area contributed by atoms with Crippen molar-refractivity contribution in [3.63, 3.8) is 0 Å². The second-order valence-corrected chi connectivity index (χ2v) is 8.09. The average molecular weight is 505 g/mol. The number of phenols is 3. The van der Waals surface area contributed by atoms with Crippen molar-refractivity contribution in [3.8, 4) is 23.0 Å². The van der Waals surface area contributed by atoms with Crippen LogP contribution in [-0.2, 0) is 0 Å². The standard InChI is InChI=1S/C24H25BrO7/c1-7-10(3)14-9-15(12(5)20(26)17(14)23(29)30)32-24(31)18-16(11(4)8-2)19(25)22(28)13(6)21(18)27/h7-9,26-28H,1-6H3,(H,29,30)/b10-7+,11-8+. The van der Waals surface area contributed by atoms with E-state index in [9.17, 15) is 30.0 Å². The molecule has 0 spiro atoms. The number of halogens is 1. The van der Waals surface area contributed by atoms with Crippen LogP contribution in [0.2, 0.25) is 0 Å². The zero-order valence-corrected chi connectivity index (χ0v) is 20.2. The van der Waals surface area contributed by atoms with E-state index in [2.05, 4.69) is 15.9 Å². The molecule has 0 saturated heterocycles. The number of carboxylic acid groups (broad SMARTS) is 1. The molecule has 0 heterocycles. The number of carboxylic acids is 1. The smallest absolute Gasteiger partial charge is 0.348 e. The van der Waals surface area contributed by atoms with Gasteiger partial charge in [-0.3, -0.25) is 0 Å². The Morgan fingerprint density at radius 1 is 0.875 bits per heavy atom. The summed E-state index contributed by atoms with van der Waals surface area (Å²) in [4.78, 5) is 24.9. The van der Waals surface area contributed by atoms with Crippen molar-refractivity contribution in [2.24, 2.45) is 0 Å². The van der Waals surface area contributed by atoms with E-state index in [4.69, 9.17) is 4.74 Å². The van der Waals surface area contributed by atoms with Crippen molar-refractivity contribution in [2.45, 2.75) is 41.5 Å². The van der Waals surface area contributed by atoms with Gasteiger partial charge in [-0.1, -0.05) is 12.2 Å². The van der Waals surface area contributed by atoms with E-state index in [-0.39, 0.29) is 49.4 Å². The van der Waals surface area contributed by atoms with Gasteiger partial charge >= 0.3 is 11.9 Å². The van der Waals surface area contributed by atoms with E-state index in [0.717, 1.165) is 0 Å². The van der Waals surface area contributed by atoms with Crippen LogP contribution in [0.3, 0.4) is 0 Å². The summed E-state index contributed by atoms with van der Waals surface area (Å²) in [6.45, 7) is 9.70. The van der Waals surface area contributed by atoms with Gasteiger partial charge < -0.3 is 25.2 Å². The van der Waals surface area contributed by atoms with E-state index in [0.29, 0.717) is 11.1 Å². The molecule has 0 fully saturated rings. The number of esters is 1. The minimum atomic E-state index is -1.32. The molecule has 2 aromatic carbocycles. The summed E-state index contributed by atoms with van der Waals surface area (Å²) in [5.41, 5.74) is 1.29. The molecule has 8 heteroatoms. The molecule has 2 rings (SSSR count). The van der Waals surface area contributed by atoms with Crippen molar-refractivity contribution in [2.75, 3.05) is 0 Å². The number of carbonyl (C=O) groups is 2. The zero-order chi connectivity index (χ0) is 24.5. The maximum Gasteiger partial charge on any atom is 0.348 e. The van der Waals surface area contributed by atoms with Crippen LogP contribution in [0.4, 0.5) is 0 Å². The van der Waals surface area contributed by atoms with Crippen LogP contribution in [0.5, 0.6) is 23.0 Å². The minimum Gasteiger partial charge on any atom is -0.507 e. The van der Waals surface area contributed by atoms with Crippen LogP contribution in [0, 0.1) is 13.8 Å². The van der Waals surface area contributed by atoms with Crippen molar-refractivity contribution in [1.82, 2.24) is 0 Å². The normalized spacial score (nSPS) is 12.1. The number of carbonyl (C=O) groups excluding carboxylic acids is 1. The number of hydrogen-bond donors (Lipinski definition) is 4. The number of aromatic carboxylic acids is 1. The van der Waals surface area contributed by atoms with Crippen LogP contribution in [0.25, 0.3) is 11.1 Å². The lowest BCUT2D eigenvalue weighted by Gasteiger charge is -2.19. The maximum atomic E-state index is 13.2. The summed E-state index contributed by atoms with van der Waals surface area (Å²) in [6, 6.07) is 1.37. The third-order valence-electron chi connectivity index (χ3n) is 5.44. The van der Waals surface area contributed by atoms with E-state index in [1.807, 2.05) is 0 Å². The summed E-state index contributed by atoms with van der Waals surface area (Å²) in [6.07, 6.45) is 3.37. The molecule has 32 heavy (non-hydrogen) atoms. The SMILES string of the molecule is C/C=C(\C)c1cc(OC(=O)c2c(O)c(C)c(O)c(Br)c2/C(C)=C/C)c(C)c(O)c1C(=O)O. The zero-order valence-electron chi connectivity index (χ0n) is 18.6. The first-order valence-electron chi connectivity index (χ1n) is 9.71. The van der Waals surface area contributed by atoms with Crippen molar-refractivity contribution >= 4 is 39.0 Å². The van der Waals surface area contributed by atoms with Gasteiger partial charge in [0.25, 0.3) is 0 Å². The fraction of sp³-hybridized carbons (Fsp3) is 0.250. The molecule has 0 aromatic heterocycles. The van der Waals surface area contributed by atoms with E-state index in [1.54, 1.807) is 39.8 Å². The Labute approximate surface area is 194 Å². The second kappa shape index (κ2) is 9.48.